The van der Waals surface area contributed by atoms with E-state index in [1.54, 1.807) is 14.7 Å². The predicted octanol–water partition coefficient (Wildman–Crippen LogP) is 9.16. The topological polar surface area (TPSA) is 332 Å². The van der Waals surface area contributed by atoms with Crippen molar-refractivity contribution in [2.75, 3.05) is 102 Å². The minimum Gasteiger partial charge on any atom is -0.391 e. The number of rotatable bonds is 11. The molecule has 9 atom stereocenters. The molecule has 103 heavy (non-hydrogen) atoms. The number of aliphatic hydroxyl groups is 3. The summed E-state index contributed by atoms with van der Waals surface area (Å²) in [5, 5.41) is 42.7. The van der Waals surface area contributed by atoms with E-state index in [0.29, 0.717) is 90.8 Å². The molecular formula is C63H70Cl4F12N18O6. The second-order valence-corrected chi connectivity index (χ2v) is 26.5. The van der Waals surface area contributed by atoms with Gasteiger partial charge in [0.15, 0.2) is 34.2 Å². The van der Waals surface area contributed by atoms with Crippen LogP contribution in [0.3, 0.4) is 0 Å². The van der Waals surface area contributed by atoms with Crippen LogP contribution in [0.5, 0.6) is 0 Å². The van der Waals surface area contributed by atoms with Gasteiger partial charge in [0.1, 0.15) is 37.1 Å². The van der Waals surface area contributed by atoms with Crippen LogP contribution >= 0.6 is 46.4 Å². The minimum atomic E-state index is -4.58. The number of alkyl halides is 9. The Kier molecular flexibility index (Phi) is 25.9. The minimum absolute atomic E-state index is 0.0119. The van der Waals surface area contributed by atoms with Crippen LogP contribution in [0.2, 0.25) is 20.2 Å². The van der Waals surface area contributed by atoms with Gasteiger partial charge in [0.2, 0.25) is 35.2 Å². The molecule has 3 aromatic heterocycles. The molecule has 3 aromatic carbocycles. The molecule has 24 nitrogen and oxygen atoms in total. The van der Waals surface area contributed by atoms with Gasteiger partial charge in [-0.3, -0.25) is 14.4 Å². The summed E-state index contributed by atoms with van der Waals surface area (Å²) >= 11 is 22.7. The lowest BCUT2D eigenvalue weighted by atomic mass is 9.95. The van der Waals surface area contributed by atoms with Crippen molar-refractivity contribution in [3.63, 3.8) is 0 Å². The number of nitrogens with one attached hydrogen (secondary N) is 4. The summed E-state index contributed by atoms with van der Waals surface area (Å²) in [6.07, 6.45) is -8.38. The number of carbonyl (C=O) groups excluding carboxylic acids is 3. The highest BCUT2D eigenvalue weighted by Crippen LogP contribution is 2.39. The average molecular weight is 1550 g/mol. The number of likely N-dealkylation sites (tertiary alicyclic amines) is 3. The number of aromatic nitrogens is 6. The monoisotopic (exact) mass is 1540 g/mol. The number of carbonyl (C=O) groups is 3. The first-order valence-electron chi connectivity index (χ1n) is 32.1. The fraction of sp³-hybridized carbons (Fsp3) is 0.476. The lowest BCUT2D eigenvalue weighted by Gasteiger charge is -2.45. The number of piperidine rings is 6. The van der Waals surface area contributed by atoms with Crippen molar-refractivity contribution < 1.29 is 82.4 Å². The Morgan fingerprint density at radius 3 is 1.10 bits per heavy atom. The van der Waals surface area contributed by atoms with E-state index in [2.05, 4.69) is 51.2 Å². The maximum atomic E-state index is 14.4. The van der Waals surface area contributed by atoms with Crippen molar-refractivity contribution in [2.24, 2.45) is 0 Å². The second-order valence-electron chi connectivity index (χ2n) is 24.8. The lowest BCUT2D eigenvalue weighted by Crippen LogP contribution is -2.61. The van der Waals surface area contributed by atoms with Crippen LogP contribution in [0.4, 0.5) is 98.8 Å². The third kappa shape index (κ3) is 20.0. The number of hydrogen-bond acceptors (Lipinski definition) is 21. The predicted molar refractivity (Wildman–Crippen MR) is 359 cm³/mol. The van der Waals surface area contributed by atoms with Gasteiger partial charge in [0.25, 0.3) is 0 Å². The summed E-state index contributed by atoms with van der Waals surface area (Å²) in [7, 11) is 0. The van der Waals surface area contributed by atoms with E-state index in [1.165, 1.54) is 28.0 Å². The zero-order valence-electron chi connectivity index (χ0n) is 54.1. The van der Waals surface area contributed by atoms with Crippen LogP contribution in [0, 0.1) is 17.5 Å². The first-order valence-corrected chi connectivity index (χ1v) is 33.6. The molecule has 6 aliphatic rings. The van der Waals surface area contributed by atoms with Crippen molar-refractivity contribution >= 4 is 110 Å². The number of nitrogens with zero attached hydrogens (tertiary/aromatic N) is 11. The maximum absolute atomic E-state index is 14.4. The maximum Gasteiger partial charge on any atom is 0.416 e. The number of anilines is 8. The lowest BCUT2D eigenvalue weighted by molar-refractivity contribution is -0.140. The molecular weight excluding hydrogens is 1470 g/mol. The van der Waals surface area contributed by atoms with Gasteiger partial charge in [0, 0.05) is 84.5 Å². The van der Waals surface area contributed by atoms with Gasteiger partial charge in [-0.2, -0.15) is 52.7 Å². The molecule has 0 radical (unpaired) electrons. The van der Waals surface area contributed by atoms with Gasteiger partial charge in [-0.1, -0.05) is 46.4 Å². The fourth-order valence-electron chi connectivity index (χ4n) is 12.7. The SMILES string of the molecule is Nc1ncnc(Cl)c1F.Nc1ncnc(N2CC[C@H](O)[C@@H](N3CCCC(Nc4cc(Cl)cc(C(F)(F)F)c4)C3=O)C2)c1F.Nc1ncnc(N2CC[C@H](O)[C@@H](N3CCC[C@@H](Nc4cc(Cl)cc(C(F)(F)F)c4)C3=O)C2)c1F.O=C1C(Nc2cc(Cl)cc(C(F)(F)F)c2)CCCN1[C@H]1CNCC[C@@H]1O. The van der Waals surface area contributed by atoms with Crippen LogP contribution < -0.4 is 48.3 Å². The summed E-state index contributed by atoms with van der Waals surface area (Å²) in [4.78, 5) is 69.0. The molecule has 0 saturated carbocycles. The summed E-state index contributed by atoms with van der Waals surface area (Å²) in [5.74, 6) is -4.11. The standard InChI is InChI=1S/2C21H23ClF4N6O2.C17H21ClF3N3O2.C4H3ClFN3/c2*22-12-6-11(21(24,25)26)7-13(8-12)30-14-2-1-4-32(20(14)34)15-9-31(5-3-16(15)33)19-17(23)18(27)28-10-29-19;18-11-6-10(17(19,20)21)7-12(8-11)23-13-2-1-5-24(16(13)26)14-9-22-4-3-15(14)25;5-3-2(6)4(7)9-1-8-3/h2*6-8,10,14-16,30,33H,1-5,9H2,(H2,27,28,29);6-8,13-15,22-23,25H,1-5,9H2;1H,(H2,7,8,9)/t14?,15-,16-;14-,15+,16+;13?,14-,15-;/m010./s1. The molecule has 6 aliphatic heterocycles. The van der Waals surface area contributed by atoms with Crippen LogP contribution in [0.1, 0.15) is 74.5 Å². The van der Waals surface area contributed by atoms with Gasteiger partial charge in [-0.15, -0.1) is 0 Å². The third-order valence-corrected chi connectivity index (χ3v) is 18.7. The molecule has 560 valence electrons. The third-order valence-electron chi connectivity index (χ3n) is 17.8. The molecule has 0 spiro atoms. The number of nitrogen functional groups attached to an aromatic ring is 3. The second kappa shape index (κ2) is 33.8. The number of hydrogen-bond donors (Lipinski definition) is 10. The number of amides is 3. The van der Waals surface area contributed by atoms with Crippen molar-refractivity contribution in [3.8, 4) is 0 Å². The summed E-state index contributed by atoms with van der Waals surface area (Å²) in [6, 6.07) is 5.37. The highest BCUT2D eigenvalue weighted by molar-refractivity contribution is 6.31. The summed E-state index contributed by atoms with van der Waals surface area (Å²) in [5.41, 5.74) is 13.7. The van der Waals surface area contributed by atoms with E-state index >= 15 is 0 Å². The van der Waals surface area contributed by atoms with Crippen LogP contribution in [-0.2, 0) is 32.9 Å². The number of halogens is 16. The first kappa shape index (κ1) is 79.0. The highest BCUT2D eigenvalue weighted by atomic mass is 35.5. The quantitative estimate of drug-likeness (QED) is 0.0427. The summed E-state index contributed by atoms with van der Waals surface area (Å²) < 4.78 is 159. The fourth-order valence-corrected chi connectivity index (χ4v) is 13.6. The molecule has 12 rings (SSSR count). The number of nitrogens with two attached hydrogens (primary N) is 3. The molecule has 6 aromatic rings. The largest absolute Gasteiger partial charge is 0.416 e. The molecule has 9 heterocycles. The van der Waals surface area contributed by atoms with Gasteiger partial charge < -0.3 is 78.3 Å². The number of benzene rings is 3. The Bertz CT molecular complexity index is 3790. The van der Waals surface area contributed by atoms with Crippen molar-refractivity contribution in [2.45, 2.75) is 131 Å². The van der Waals surface area contributed by atoms with Gasteiger partial charge in [0.05, 0.1) is 53.1 Å². The van der Waals surface area contributed by atoms with Crippen LogP contribution in [0.15, 0.2) is 73.6 Å². The molecule has 0 bridgehead atoms. The van der Waals surface area contributed by atoms with Gasteiger partial charge >= 0.3 is 18.5 Å². The normalized spacial score (nSPS) is 23.5. The Morgan fingerprint density at radius 2 is 0.767 bits per heavy atom. The highest BCUT2D eigenvalue weighted by Gasteiger charge is 2.44. The van der Waals surface area contributed by atoms with Gasteiger partial charge in [-0.05, 0) is 119 Å². The van der Waals surface area contributed by atoms with E-state index in [9.17, 15) is 82.4 Å². The number of aliphatic hydroxyl groups excluding tert-OH is 3. The van der Waals surface area contributed by atoms with Crippen molar-refractivity contribution in [1.29, 1.82) is 0 Å². The summed E-state index contributed by atoms with van der Waals surface area (Å²) in [6.45, 7) is 3.28. The van der Waals surface area contributed by atoms with E-state index in [-0.39, 0.29) is 116 Å². The Labute approximate surface area is 600 Å². The van der Waals surface area contributed by atoms with E-state index in [1.807, 2.05) is 0 Å². The molecule has 6 fully saturated rings. The van der Waals surface area contributed by atoms with Gasteiger partial charge in [-0.25, -0.2) is 29.9 Å². The van der Waals surface area contributed by atoms with Crippen molar-refractivity contribution in [1.82, 2.24) is 49.9 Å². The Hall–Kier alpha value is -8.13. The molecule has 6 saturated heterocycles. The zero-order valence-corrected chi connectivity index (χ0v) is 57.1. The van der Waals surface area contributed by atoms with Crippen LogP contribution in [0.25, 0.3) is 0 Å². The molecule has 40 heteroatoms. The Morgan fingerprint density at radius 1 is 0.437 bits per heavy atom. The van der Waals surface area contributed by atoms with Crippen molar-refractivity contribution in [3.05, 3.63) is 128 Å². The Balaban J connectivity index is 0.000000170. The molecule has 2 unspecified atom stereocenters. The molecule has 13 N–H and O–H groups in total. The zero-order chi connectivity index (χ0) is 75.0. The first-order chi connectivity index (χ1) is 48.5. The van der Waals surface area contributed by atoms with E-state index in [0.717, 1.165) is 55.4 Å². The average Bonchev–Trinajstić information content (AvgIpc) is 0.740. The molecule has 0 aliphatic carbocycles. The van der Waals surface area contributed by atoms with Crippen LogP contribution in [-0.4, -0.2) is 191 Å². The van der Waals surface area contributed by atoms with E-state index < -0.39 is 101 Å². The molecule has 3 amide bonds. The smallest absolute Gasteiger partial charge is 0.391 e. The van der Waals surface area contributed by atoms with E-state index in [4.69, 9.17) is 63.6 Å².